The molecule has 1 fully saturated rings. The van der Waals surface area contributed by atoms with Crippen molar-refractivity contribution < 1.29 is 36.3 Å². The molecule has 7 rings (SSSR count). The Balaban J connectivity index is 1.37. The summed E-state index contributed by atoms with van der Waals surface area (Å²) < 4.78 is 71.2. The summed E-state index contributed by atoms with van der Waals surface area (Å²) in [5.41, 5.74) is 5.53. The lowest BCUT2D eigenvalue weighted by Gasteiger charge is -2.40. The minimum absolute atomic E-state index is 0.124. The number of primary amides is 1. The molecule has 0 spiro atoms. The first kappa shape index (κ1) is 29.1. The molecule has 0 radical (unpaired) electrons. The Labute approximate surface area is 247 Å². The molecule has 4 aromatic rings. The summed E-state index contributed by atoms with van der Waals surface area (Å²) in [7, 11) is 0. The number of hydrogen-bond acceptors (Lipinski definition) is 5. The van der Waals surface area contributed by atoms with E-state index >= 15 is 0 Å². The van der Waals surface area contributed by atoms with Crippen LogP contribution in [0.25, 0.3) is 11.1 Å². The number of pyridine rings is 1. The van der Waals surface area contributed by atoms with Crippen molar-refractivity contribution in [2.24, 2.45) is 11.7 Å². The maximum Gasteiger partial charge on any atom is 0.282 e. The summed E-state index contributed by atoms with van der Waals surface area (Å²) in [6, 6.07) is 8.66. The summed E-state index contributed by atoms with van der Waals surface area (Å²) in [5.74, 6) is -5.12. The molecule has 2 heterocycles. The predicted octanol–water partition coefficient (Wildman–Crippen LogP) is 5.19. The zero-order valence-electron chi connectivity index (χ0n) is 22.9. The lowest BCUT2D eigenvalue weighted by atomic mass is 9.63. The molecule has 1 atom stereocenters. The maximum absolute atomic E-state index is 14.2. The molecule has 2 aromatic carbocycles. The number of Topliss-reactive ketones (excluding diaryl/α,β-unsaturated/α-hetero) is 1. The van der Waals surface area contributed by atoms with Gasteiger partial charge < -0.3 is 11.1 Å². The third-order valence-electron chi connectivity index (χ3n) is 8.07. The van der Waals surface area contributed by atoms with Crippen LogP contribution < -0.4 is 11.1 Å². The number of carbonyl (C=O) groups excluding carboxylic acids is 3. The number of benzene rings is 2. The number of aromatic nitrogens is 3. The van der Waals surface area contributed by atoms with Gasteiger partial charge in [-0.2, -0.15) is 5.10 Å². The van der Waals surface area contributed by atoms with E-state index in [2.05, 4.69) is 15.4 Å². The first-order chi connectivity index (χ1) is 21.0. The van der Waals surface area contributed by atoms with Crippen LogP contribution in [-0.2, 0) is 17.8 Å². The van der Waals surface area contributed by atoms with E-state index in [-0.39, 0.29) is 40.6 Å². The van der Waals surface area contributed by atoms with Crippen molar-refractivity contribution in [3.05, 3.63) is 106 Å². The van der Waals surface area contributed by atoms with Gasteiger partial charge in [0.2, 0.25) is 5.91 Å². The highest BCUT2D eigenvalue weighted by molar-refractivity contribution is 6.03. The molecule has 1 unspecified atom stereocenters. The third-order valence-corrected chi connectivity index (χ3v) is 8.07. The first-order valence-electron chi connectivity index (χ1n) is 13.7. The van der Waals surface area contributed by atoms with E-state index in [4.69, 9.17) is 5.73 Å². The largest absolute Gasteiger partial charge is 0.366 e. The lowest BCUT2D eigenvalue weighted by Crippen LogP contribution is -2.39. The van der Waals surface area contributed by atoms with Crippen molar-refractivity contribution in [2.45, 2.75) is 44.2 Å². The van der Waals surface area contributed by atoms with Crippen LogP contribution in [-0.4, -0.2) is 32.4 Å². The molecule has 2 aromatic heterocycles. The average Bonchev–Trinajstić information content (AvgIpc) is 3.32. The van der Waals surface area contributed by atoms with Gasteiger partial charge in [-0.05, 0) is 60.7 Å². The van der Waals surface area contributed by atoms with Crippen molar-refractivity contribution in [1.29, 1.82) is 0 Å². The number of halogens is 5. The molecule has 8 nitrogen and oxygen atoms in total. The number of rotatable bonds is 9. The van der Waals surface area contributed by atoms with Gasteiger partial charge in [0.15, 0.2) is 5.78 Å². The smallest absolute Gasteiger partial charge is 0.282 e. The Morgan fingerprint density at radius 1 is 1.00 bits per heavy atom. The van der Waals surface area contributed by atoms with Crippen LogP contribution in [0.4, 0.5) is 22.0 Å². The van der Waals surface area contributed by atoms with E-state index in [1.165, 1.54) is 18.3 Å². The van der Waals surface area contributed by atoms with E-state index in [0.717, 1.165) is 22.9 Å². The molecular weight excluding hydrogens is 585 g/mol. The Hall–Kier alpha value is -4.94. The van der Waals surface area contributed by atoms with Gasteiger partial charge in [-0.1, -0.05) is 12.1 Å². The Morgan fingerprint density at radius 3 is 2.41 bits per heavy atom. The first-order valence-corrected chi connectivity index (χ1v) is 13.7. The number of nitrogens with zero attached hydrogens (tertiary/aromatic N) is 3. The second-order valence-electron chi connectivity index (χ2n) is 10.9. The summed E-state index contributed by atoms with van der Waals surface area (Å²) in [4.78, 5) is 42.4. The average molecular weight is 610 g/mol. The second kappa shape index (κ2) is 11.3. The third kappa shape index (κ3) is 5.33. The van der Waals surface area contributed by atoms with E-state index < -0.39 is 59.8 Å². The fourth-order valence-corrected chi connectivity index (χ4v) is 6.07. The van der Waals surface area contributed by atoms with Crippen LogP contribution >= 0.6 is 0 Å². The quantitative estimate of drug-likeness (QED) is 0.253. The fraction of sp³-hybridized carbons (Fsp3) is 0.258. The molecular formula is C31H24F5N5O3. The van der Waals surface area contributed by atoms with Gasteiger partial charge >= 0.3 is 0 Å². The van der Waals surface area contributed by atoms with Crippen LogP contribution in [0.2, 0.25) is 0 Å². The van der Waals surface area contributed by atoms with Crippen LogP contribution in [0, 0.1) is 23.4 Å². The summed E-state index contributed by atoms with van der Waals surface area (Å²) in [6.07, 6.45) is -0.756. The molecule has 3 aliphatic rings. The highest BCUT2D eigenvalue weighted by atomic mass is 19.3. The molecule has 0 saturated heterocycles. The number of hydrogen-bond donors (Lipinski definition) is 2. The van der Waals surface area contributed by atoms with Crippen molar-refractivity contribution in [2.75, 3.05) is 0 Å². The Morgan fingerprint density at radius 2 is 1.73 bits per heavy atom. The van der Waals surface area contributed by atoms with Gasteiger partial charge in [0.1, 0.15) is 29.7 Å². The monoisotopic (exact) mass is 609 g/mol. The van der Waals surface area contributed by atoms with Gasteiger partial charge in [-0.15, -0.1) is 0 Å². The number of nitrogens with two attached hydrogens (primary N) is 1. The van der Waals surface area contributed by atoms with Crippen LogP contribution in [0.1, 0.15) is 74.6 Å². The molecule has 2 amide bonds. The minimum atomic E-state index is -3.01. The standard InChI is InChI=1S/C31H24F5N5O3/c32-18-6-14(7-19(33)12-18)8-23(26-20(2-1-5-38-26)15-3-4-22(34)21(11-15)31(37)44)39-24(42)13-41-28-16-9-17(10-16)29(43)25(28)27(40-41)30(35)36/h1-7,11-12,16-17,23,30H,8-10,13H2,(H2,37,44)(H,39,42). The van der Waals surface area contributed by atoms with Gasteiger partial charge in [-0.25, -0.2) is 22.0 Å². The summed E-state index contributed by atoms with van der Waals surface area (Å²) in [6.45, 7) is -0.512. The maximum atomic E-state index is 14.2. The molecule has 2 bridgehead atoms. The second-order valence-corrected chi connectivity index (χ2v) is 10.9. The Kier molecular flexibility index (Phi) is 7.48. The van der Waals surface area contributed by atoms with E-state index in [1.807, 2.05) is 0 Å². The topological polar surface area (TPSA) is 120 Å². The van der Waals surface area contributed by atoms with E-state index in [9.17, 15) is 36.3 Å². The molecule has 226 valence electrons. The fourth-order valence-electron chi connectivity index (χ4n) is 6.07. The molecule has 0 aliphatic heterocycles. The zero-order chi connectivity index (χ0) is 31.3. The predicted molar refractivity (Wildman–Crippen MR) is 146 cm³/mol. The van der Waals surface area contributed by atoms with Gasteiger partial charge in [0, 0.05) is 29.7 Å². The highest BCUT2D eigenvalue weighted by Gasteiger charge is 2.48. The zero-order valence-corrected chi connectivity index (χ0v) is 22.9. The molecule has 3 aliphatic carbocycles. The molecule has 44 heavy (non-hydrogen) atoms. The van der Waals surface area contributed by atoms with Crippen LogP contribution in [0.3, 0.4) is 0 Å². The van der Waals surface area contributed by atoms with E-state index in [0.29, 0.717) is 35.7 Å². The number of amides is 2. The van der Waals surface area contributed by atoms with Crippen molar-refractivity contribution in [1.82, 2.24) is 20.1 Å². The molecule has 3 N–H and O–H groups in total. The van der Waals surface area contributed by atoms with Gasteiger partial charge in [0.25, 0.3) is 12.3 Å². The van der Waals surface area contributed by atoms with Gasteiger partial charge in [0.05, 0.1) is 28.6 Å². The number of ketones is 1. The normalized spacial score (nSPS) is 17.6. The number of alkyl halides is 2. The van der Waals surface area contributed by atoms with Crippen molar-refractivity contribution in [3.63, 3.8) is 0 Å². The molecule has 13 heteroatoms. The minimum Gasteiger partial charge on any atom is -0.366 e. The van der Waals surface area contributed by atoms with Crippen LogP contribution in [0.5, 0.6) is 0 Å². The highest BCUT2D eigenvalue weighted by Crippen LogP contribution is 2.51. The van der Waals surface area contributed by atoms with Crippen molar-refractivity contribution in [3.8, 4) is 11.1 Å². The lowest BCUT2D eigenvalue weighted by molar-refractivity contribution is -0.122. The molecule has 1 saturated carbocycles. The van der Waals surface area contributed by atoms with E-state index in [1.54, 1.807) is 12.1 Å². The van der Waals surface area contributed by atoms with Crippen LogP contribution in [0.15, 0.2) is 54.7 Å². The van der Waals surface area contributed by atoms with Gasteiger partial charge in [-0.3, -0.25) is 24.0 Å². The summed E-state index contributed by atoms with van der Waals surface area (Å²) >= 11 is 0. The number of nitrogens with one attached hydrogen (secondary N) is 1. The number of carbonyl (C=O) groups is 3. The SMILES string of the molecule is NC(=O)c1cc(-c2cccnc2C(Cc2cc(F)cc(F)c2)NC(=O)Cn2nc(C(F)F)c3c2C2CC(C2)C3=O)ccc1F. The Bertz CT molecular complexity index is 1800. The summed E-state index contributed by atoms with van der Waals surface area (Å²) in [5, 5.41) is 6.70. The van der Waals surface area contributed by atoms with Crippen molar-refractivity contribution >= 4 is 17.6 Å².